The van der Waals surface area contributed by atoms with Gasteiger partial charge in [0.05, 0.1) is 25.3 Å². The van der Waals surface area contributed by atoms with Crippen LogP contribution in [-0.2, 0) is 11.3 Å². The molecule has 1 unspecified atom stereocenters. The molecule has 3 heterocycles. The lowest BCUT2D eigenvalue weighted by Gasteiger charge is -2.30. The molecule has 0 aromatic carbocycles. The molecule has 1 aliphatic heterocycles. The molecule has 1 saturated heterocycles. The van der Waals surface area contributed by atoms with Crippen LogP contribution in [0, 0.1) is 0 Å². The normalized spacial score (nSPS) is 23.0. The first kappa shape index (κ1) is 15.6. The SMILES string of the molecule is CN(Cc1nc2ccsc2c(=O)[nH]1)CC1(O)CNCCOC1. The molecule has 0 spiro atoms. The van der Waals surface area contributed by atoms with Gasteiger partial charge in [-0.3, -0.25) is 9.69 Å². The second kappa shape index (κ2) is 6.43. The molecule has 3 N–H and O–H groups in total. The third kappa shape index (κ3) is 3.53. The fourth-order valence-corrected chi connectivity index (χ4v) is 3.42. The van der Waals surface area contributed by atoms with Gasteiger partial charge in [-0.05, 0) is 18.5 Å². The Morgan fingerprint density at radius 1 is 1.59 bits per heavy atom. The van der Waals surface area contributed by atoms with E-state index in [2.05, 4.69) is 15.3 Å². The van der Waals surface area contributed by atoms with Crippen LogP contribution < -0.4 is 10.9 Å². The molecular formula is C14H20N4O3S. The van der Waals surface area contributed by atoms with Gasteiger partial charge in [0.15, 0.2) is 0 Å². The molecule has 1 aliphatic rings. The summed E-state index contributed by atoms with van der Waals surface area (Å²) in [6.45, 7) is 3.04. The maximum absolute atomic E-state index is 12.0. The van der Waals surface area contributed by atoms with Crippen molar-refractivity contribution in [3.63, 3.8) is 0 Å². The predicted octanol–water partition coefficient (Wildman–Crippen LogP) is -0.233. The fraction of sp³-hybridized carbons (Fsp3) is 0.571. The molecule has 1 fully saturated rings. The van der Waals surface area contributed by atoms with Gasteiger partial charge in [-0.15, -0.1) is 11.3 Å². The smallest absolute Gasteiger partial charge is 0.268 e. The summed E-state index contributed by atoms with van der Waals surface area (Å²) in [5.74, 6) is 0.601. The van der Waals surface area contributed by atoms with Gasteiger partial charge in [0, 0.05) is 19.6 Å². The maximum atomic E-state index is 12.0. The molecular weight excluding hydrogens is 304 g/mol. The van der Waals surface area contributed by atoms with Gasteiger partial charge in [0.2, 0.25) is 0 Å². The number of ether oxygens (including phenoxy) is 1. The minimum atomic E-state index is -0.933. The summed E-state index contributed by atoms with van der Waals surface area (Å²) in [6.07, 6.45) is 0. The van der Waals surface area contributed by atoms with Crippen LogP contribution in [0.15, 0.2) is 16.2 Å². The number of β-amino-alcohol motifs (C(OH)–C–C–N with tert-alkyl or cyclic N) is 1. The van der Waals surface area contributed by atoms with Crippen LogP contribution in [0.1, 0.15) is 5.82 Å². The van der Waals surface area contributed by atoms with Crippen LogP contribution in [-0.4, -0.2) is 65.5 Å². The Labute approximate surface area is 131 Å². The zero-order valence-corrected chi connectivity index (χ0v) is 13.3. The number of H-pyrrole nitrogens is 1. The lowest BCUT2D eigenvalue weighted by atomic mass is 10.1. The number of likely N-dealkylation sites (N-methyl/N-ethyl adjacent to an activating group) is 1. The Hall–Kier alpha value is -1.32. The molecule has 3 rings (SSSR count). The lowest BCUT2D eigenvalue weighted by molar-refractivity contribution is -0.0464. The largest absolute Gasteiger partial charge is 0.385 e. The Balaban J connectivity index is 1.69. The van der Waals surface area contributed by atoms with Crippen LogP contribution in [0.25, 0.3) is 10.2 Å². The number of fused-ring (bicyclic) bond motifs is 1. The summed E-state index contributed by atoms with van der Waals surface area (Å²) in [5.41, 5.74) is -0.324. The van der Waals surface area contributed by atoms with Crippen LogP contribution in [0.2, 0.25) is 0 Å². The molecule has 1 atom stereocenters. The number of aromatic nitrogens is 2. The highest BCUT2D eigenvalue weighted by molar-refractivity contribution is 7.17. The van der Waals surface area contributed by atoms with Crippen molar-refractivity contribution in [1.82, 2.24) is 20.2 Å². The fourth-order valence-electron chi connectivity index (χ4n) is 2.69. The van der Waals surface area contributed by atoms with Crippen molar-refractivity contribution < 1.29 is 9.84 Å². The number of nitrogens with one attached hydrogen (secondary N) is 2. The first-order valence-electron chi connectivity index (χ1n) is 7.22. The highest BCUT2D eigenvalue weighted by Crippen LogP contribution is 2.15. The molecule has 120 valence electrons. The Morgan fingerprint density at radius 3 is 3.32 bits per heavy atom. The second-order valence-corrected chi connectivity index (χ2v) is 6.69. The van der Waals surface area contributed by atoms with E-state index in [1.54, 1.807) is 0 Å². The van der Waals surface area contributed by atoms with E-state index in [-0.39, 0.29) is 5.56 Å². The standard InChI is InChI=1S/C14H20N4O3S/c1-18(8-14(20)7-15-3-4-21-9-14)6-11-16-10-2-5-22-12(10)13(19)17-11/h2,5,15,20H,3-4,6-9H2,1H3,(H,16,17,19). The van der Waals surface area contributed by atoms with Crippen molar-refractivity contribution in [1.29, 1.82) is 0 Å². The van der Waals surface area contributed by atoms with E-state index in [0.717, 1.165) is 12.1 Å². The van der Waals surface area contributed by atoms with Gasteiger partial charge >= 0.3 is 0 Å². The third-order valence-electron chi connectivity index (χ3n) is 3.60. The zero-order chi connectivity index (χ0) is 15.6. The number of thiophene rings is 1. The van der Waals surface area contributed by atoms with E-state index in [9.17, 15) is 9.90 Å². The van der Waals surface area contributed by atoms with Crippen molar-refractivity contribution in [2.75, 3.05) is 39.9 Å². The highest BCUT2D eigenvalue weighted by Gasteiger charge is 2.30. The van der Waals surface area contributed by atoms with Crippen LogP contribution in [0.5, 0.6) is 0 Å². The topological polar surface area (TPSA) is 90.5 Å². The Bertz CT molecular complexity index is 691. The number of rotatable bonds is 4. The van der Waals surface area contributed by atoms with Crippen molar-refractivity contribution in [2.24, 2.45) is 0 Å². The van der Waals surface area contributed by atoms with Crippen molar-refractivity contribution in [3.8, 4) is 0 Å². The second-order valence-electron chi connectivity index (χ2n) is 5.77. The predicted molar refractivity (Wildman–Crippen MR) is 85.2 cm³/mol. The molecule has 22 heavy (non-hydrogen) atoms. The highest BCUT2D eigenvalue weighted by atomic mass is 32.1. The number of hydrogen-bond acceptors (Lipinski definition) is 7. The molecule has 2 aromatic rings. The molecule has 0 radical (unpaired) electrons. The molecule has 8 heteroatoms. The van der Waals surface area contributed by atoms with Crippen molar-refractivity contribution in [3.05, 3.63) is 27.6 Å². The van der Waals surface area contributed by atoms with E-state index in [4.69, 9.17) is 4.74 Å². The Kier molecular flexibility index (Phi) is 4.55. The van der Waals surface area contributed by atoms with Gasteiger partial charge in [-0.2, -0.15) is 0 Å². The molecule has 0 bridgehead atoms. The van der Waals surface area contributed by atoms with Gasteiger partial charge in [-0.25, -0.2) is 4.98 Å². The molecule has 0 amide bonds. The minimum Gasteiger partial charge on any atom is -0.385 e. The van der Waals surface area contributed by atoms with Crippen molar-refractivity contribution in [2.45, 2.75) is 12.1 Å². The van der Waals surface area contributed by atoms with E-state index in [1.165, 1.54) is 11.3 Å². The number of aromatic amines is 1. The van der Waals surface area contributed by atoms with E-state index in [1.807, 2.05) is 23.4 Å². The van der Waals surface area contributed by atoms with E-state index >= 15 is 0 Å². The summed E-state index contributed by atoms with van der Waals surface area (Å²) in [5, 5.41) is 15.6. The Morgan fingerprint density at radius 2 is 2.45 bits per heavy atom. The van der Waals surface area contributed by atoms with E-state index in [0.29, 0.717) is 43.4 Å². The number of aliphatic hydroxyl groups is 1. The average Bonchev–Trinajstić information content (AvgIpc) is 2.81. The molecule has 7 nitrogen and oxygen atoms in total. The first-order chi connectivity index (χ1) is 10.6. The van der Waals surface area contributed by atoms with Gasteiger partial charge in [0.25, 0.3) is 5.56 Å². The number of nitrogens with zero attached hydrogens (tertiary/aromatic N) is 2. The van der Waals surface area contributed by atoms with Gasteiger partial charge in [-0.1, -0.05) is 0 Å². The van der Waals surface area contributed by atoms with Gasteiger partial charge < -0.3 is 20.1 Å². The summed E-state index contributed by atoms with van der Waals surface area (Å²) in [6, 6.07) is 1.84. The summed E-state index contributed by atoms with van der Waals surface area (Å²) in [4.78, 5) is 21.2. The molecule has 0 saturated carbocycles. The van der Waals surface area contributed by atoms with Gasteiger partial charge in [0.1, 0.15) is 16.1 Å². The monoisotopic (exact) mass is 324 g/mol. The quantitative estimate of drug-likeness (QED) is 0.720. The van der Waals surface area contributed by atoms with Crippen LogP contribution >= 0.6 is 11.3 Å². The zero-order valence-electron chi connectivity index (χ0n) is 12.5. The summed E-state index contributed by atoms with van der Waals surface area (Å²) < 4.78 is 6.06. The maximum Gasteiger partial charge on any atom is 0.268 e. The summed E-state index contributed by atoms with van der Waals surface area (Å²) >= 11 is 1.39. The van der Waals surface area contributed by atoms with E-state index < -0.39 is 5.60 Å². The number of hydrogen-bond donors (Lipinski definition) is 3. The molecule has 0 aliphatic carbocycles. The third-order valence-corrected chi connectivity index (χ3v) is 4.50. The van der Waals surface area contributed by atoms with Crippen LogP contribution in [0.3, 0.4) is 0 Å². The lowest BCUT2D eigenvalue weighted by Crippen LogP contribution is -2.50. The van der Waals surface area contributed by atoms with Crippen molar-refractivity contribution >= 4 is 21.6 Å². The molecule has 2 aromatic heterocycles. The average molecular weight is 324 g/mol. The first-order valence-corrected chi connectivity index (χ1v) is 8.09. The van der Waals surface area contributed by atoms with Crippen LogP contribution in [0.4, 0.5) is 0 Å². The summed E-state index contributed by atoms with van der Waals surface area (Å²) in [7, 11) is 1.89. The minimum absolute atomic E-state index is 0.110.